The highest BCUT2D eigenvalue weighted by atomic mass is 16.5. The van der Waals surface area contributed by atoms with Gasteiger partial charge in [-0.1, -0.05) is 68.4 Å². The van der Waals surface area contributed by atoms with E-state index in [2.05, 4.69) is 42.3 Å². The second kappa shape index (κ2) is 9.45. The van der Waals surface area contributed by atoms with Crippen molar-refractivity contribution in [3.63, 3.8) is 0 Å². The number of hydrogen-bond acceptors (Lipinski definition) is 4. The third kappa shape index (κ3) is 5.58. The van der Waals surface area contributed by atoms with Crippen molar-refractivity contribution in [2.75, 3.05) is 0 Å². The largest absolute Gasteiger partial charge is 0.465 e. The van der Waals surface area contributed by atoms with Crippen LogP contribution in [0.2, 0.25) is 0 Å². The fourth-order valence-corrected chi connectivity index (χ4v) is 4.28. The lowest BCUT2D eigenvalue weighted by molar-refractivity contribution is 0.181. The van der Waals surface area contributed by atoms with Crippen molar-refractivity contribution in [1.29, 1.82) is 0 Å². The number of nitrogens with one attached hydrogen (secondary N) is 1. The summed E-state index contributed by atoms with van der Waals surface area (Å²) < 4.78 is 5.84. The Morgan fingerprint density at radius 1 is 1.06 bits per heavy atom. The summed E-state index contributed by atoms with van der Waals surface area (Å²) in [5.74, 6) is 0.738. The summed E-state index contributed by atoms with van der Waals surface area (Å²) in [4.78, 5) is 15.7. The molecule has 4 rings (SSSR count). The summed E-state index contributed by atoms with van der Waals surface area (Å²) in [6.07, 6.45) is 3.80. The lowest BCUT2D eigenvalue weighted by Crippen LogP contribution is -2.38. The zero-order valence-corrected chi connectivity index (χ0v) is 19.2. The third-order valence-corrected chi connectivity index (χ3v) is 6.03. The molecule has 33 heavy (non-hydrogen) atoms. The molecule has 0 fully saturated rings. The van der Waals surface area contributed by atoms with Crippen molar-refractivity contribution in [3.05, 3.63) is 84.4 Å². The SMILES string of the molecule is CC(C)(C)[C@@H](CC(Cc1ccccc1)NC(=O)O)c1cc(-c2ccc3cnccc3c2)no1. The molecule has 0 spiro atoms. The van der Waals surface area contributed by atoms with Crippen LogP contribution in [0.3, 0.4) is 0 Å². The molecule has 0 aliphatic heterocycles. The van der Waals surface area contributed by atoms with E-state index in [1.165, 1.54) is 0 Å². The van der Waals surface area contributed by atoms with Crippen molar-refractivity contribution < 1.29 is 14.4 Å². The number of carbonyl (C=O) groups is 1. The van der Waals surface area contributed by atoms with Gasteiger partial charge in [0.05, 0.1) is 0 Å². The smallest absolute Gasteiger partial charge is 0.404 e. The van der Waals surface area contributed by atoms with Crippen LogP contribution in [0.5, 0.6) is 0 Å². The van der Waals surface area contributed by atoms with Crippen LogP contribution in [0.4, 0.5) is 4.79 Å². The lowest BCUT2D eigenvalue weighted by Gasteiger charge is -2.32. The highest BCUT2D eigenvalue weighted by Crippen LogP contribution is 2.40. The lowest BCUT2D eigenvalue weighted by atomic mass is 9.75. The van der Waals surface area contributed by atoms with Gasteiger partial charge in [0.2, 0.25) is 0 Å². The van der Waals surface area contributed by atoms with E-state index in [1.54, 1.807) is 6.20 Å². The Hall–Kier alpha value is -3.67. The van der Waals surface area contributed by atoms with Gasteiger partial charge in [0, 0.05) is 41.4 Å². The summed E-state index contributed by atoms with van der Waals surface area (Å²) in [5, 5.41) is 18.7. The third-order valence-electron chi connectivity index (χ3n) is 6.03. The Balaban J connectivity index is 1.61. The number of nitrogens with zero attached hydrogens (tertiary/aromatic N) is 2. The van der Waals surface area contributed by atoms with Crippen LogP contribution in [0.25, 0.3) is 22.0 Å². The molecule has 0 bridgehead atoms. The minimum atomic E-state index is -1.02. The maximum absolute atomic E-state index is 11.5. The number of benzene rings is 2. The normalized spacial score (nSPS) is 13.5. The van der Waals surface area contributed by atoms with Crippen LogP contribution in [0.15, 0.2) is 77.6 Å². The van der Waals surface area contributed by atoms with E-state index in [-0.39, 0.29) is 17.4 Å². The van der Waals surface area contributed by atoms with Gasteiger partial charge < -0.3 is 14.9 Å². The van der Waals surface area contributed by atoms with Gasteiger partial charge in [-0.25, -0.2) is 4.79 Å². The Morgan fingerprint density at radius 2 is 1.85 bits per heavy atom. The molecule has 2 N–H and O–H groups in total. The van der Waals surface area contributed by atoms with Gasteiger partial charge in [0.15, 0.2) is 0 Å². The van der Waals surface area contributed by atoms with Gasteiger partial charge in [-0.3, -0.25) is 4.98 Å². The molecular formula is C27H29N3O3. The van der Waals surface area contributed by atoms with Gasteiger partial charge in [-0.05, 0) is 41.3 Å². The molecule has 2 atom stereocenters. The molecule has 1 amide bonds. The first-order valence-electron chi connectivity index (χ1n) is 11.1. The summed E-state index contributed by atoms with van der Waals surface area (Å²) in [6, 6.07) is 19.8. The van der Waals surface area contributed by atoms with Crippen LogP contribution in [-0.2, 0) is 6.42 Å². The summed E-state index contributed by atoms with van der Waals surface area (Å²) in [5.41, 5.74) is 2.68. The van der Waals surface area contributed by atoms with Gasteiger partial charge in [0.25, 0.3) is 0 Å². The summed E-state index contributed by atoms with van der Waals surface area (Å²) in [7, 11) is 0. The highest BCUT2D eigenvalue weighted by molar-refractivity contribution is 5.85. The fraction of sp³-hybridized carbons (Fsp3) is 0.296. The molecule has 1 unspecified atom stereocenters. The molecule has 2 aromatic carbocycles. The molecule has 0 aliphatic rings. The fourth-order valence-electron chi connectivity index (χ4n) is 4.28. The van der Waals surface area contributed by atoms with Crippen molar-refractivity contribution in [2.45, 2.75) is 45.6 Å². The monoisotopic (exact) mass is 443 g/mol. The average molecular weight is 444 g/mol. The molecule has 170 valence electrons. The zero-order chi connectivity index (χ0) is 23.4. The maximum atomic E-state index is 11.5. The number of rotatable bonds is 7. The van der Waals surface area contributed by atoms with Gasteiger partial charge >= 0.3 is 6.09 Å². The van der Waals surface area contributed by atoms with Crippen LogP contribution in [0.1, 0.15) is 44.4 Å². The maximum Gasteiger partial charge on any atom is 0.404 e. The minimum absolute atomic E-state index is 0.0241. The number of hydrogen-bond donors (Lipinski definition) is 2. The Bertz CT molecular complexity index is 1230. The number of aromatic nitrogens is 2. The topological polar surface area (TPSA) is 88.2 Å². The van der Waals surface area contributed by atoms with E-state index < -0.39 is 6.09 Å². The molecule has 6 heteroatoms. The van der Waals surface area contributed by atoms with Crippen molar-refractivity contribution >= 4 is 16.9 Å². The first kappa shape index (κ1) is 22.5. The van der Waals surface area contributed by atoms with Crippen molar-refractivity contribution in [2.24, 2.45) is 5.41 Å². The Morgan fingerprint density at radius 3 is 2.58 bits per heavy atom. The molecule has 0 saturated carbocycles. The van der Waals surface area contributed by atoms with Gasteiger partial charge in [0.1, 0.15) is 11.5 Å². The van der Waals surface area contributed by atoms with Crippen molar-refractivity contribution in [1.82, 2.24) is 15.5 Å². The first-order valence-corrected chi connectivity index (χ1v) is 11.1. The number of fused-ring (bicyclic) bond motifs is 1. The summed E-state index contributed by atoms with van der Waals surface area (Å²) >= 11 is 0. The van der Waals surface area contributed by atoms with Crippen LogP contribution < -0.4 is 5.32 Å². The Kier molecular flexibility index (Phi) is 6.45. The molecule has 2 heterocycles. The number of pyridine rings is 1. The molecule has 2 aromatic heterocycles. The molecule has 0 radical (unpaired) electrons. The molecular weight excluding hydrogens is 414 g/mol. The summed E-state index contributed by atoms with van der Waals surface area (Å²) in [6.45, 7) is 6.43. The predicted molar refractivity (Wildman–Crippen MR) is 129 cm³/mol. The average Bonchev–Trinajstić information content (AvgIpc) is 3.26. The van der Waals surface area contributed by atoms with E-state index in [9.17, 15) is 9.90 Å². The first-order chi connectivity index (χ1) is 15.8. The standard InChI is InChI=1S/C27H29N3O3/c1-27(2,3)23(15-22(29-26(31)32)13-18-7-5-4-6-8-18)25-16-24(30-33-25)20-9-10-21-17-28-12-11-19(21)14-20/h4-12,14,16-17,22-23,29H,13,15H2,1-3H3,(H,31,32)/t22?,23-/m0/s1. The van der Waals surface area contributed by atoms with Gasteiger partial charge in [-0.2, -0.15) is 0 Å². The minimum Gasteiger partial charge on any atom is -0.465 e. The molecule has 0 saturated heterocycles. The van der Waals surface area contributed by atoms with Crippen LogP contribution in [0, 0.1) is 5.41 Å². The molecule has 0 aliphatic carbocycles. The molecule has 4 aromatic rings. The van der Waals surface area contributed by atoms with E-state index in [1.807, 2.05) is 60.8 Å². The van der Waals surface area contributed by atoms with Gasteiger partial charge in [-0.15, -0.1) is 0 Å². The Labute approximate surface area is 193 Å². The van der Waals surface area contributed by atoms with E-state index in [0.29, 0.717) is 12.8 Å². The van der Waals surface area contributed by atoms with E-state index >= 15 is 0 Å². The van der Waals surface area contributed by atoms with Crippen LogP contribution >= 0.6 is 0 Å². The number of amides is 1. The zero-order valence-electron chi connectivity index (χ0n) is 19.2. The van der Waals surface area contributed by atoms with Crippen LogP contribution in [-0.4, -0.2) is 27.4 Å². The number of carboxylic acid groups (broad SMARTS) is 1. The second-order valence-electron chi connectivity index (χ2n) is 9.54. The predicted octanol–water partition coefficient (Wildman–Crippen LogP) is 6.29. The van der Waals surface area contributed by atoms with E-state index in [0.717, 1.165) is 33.4 Å². The highest BCUT2D eigenvalue weighted by Gasteiger charge is 2.33. The quantitative estimate of drug-likeness (QED) is 0.350. The molecule has 6 nitrogen and oxygen atoms in total. The second-order valence-corrected chi connectivity index (χ2v) is 9.54. The van der Waals surface area contributed by atoms with Crippen molar-refractivity contribution in [3.8, 4) is 11.3 Å². The van der Waals surface area contributed by atoms with E-state index in [4.69, 9.17) is 4.52 Å².